The summed E-state index contributed by atoms with van der Waals surface area (Å²) in [7, 11) is 0. The van der Waals surface area contributed by atoms with Crippen molar-refractivity contribution < 1.29 is 9.90 Å². The van der Waals surface area contributed by atoms with E-state index >= 15 is 0 Å². The van der Waals surface area contributed by atoms with E-state index in [9.17, 15) is 4.79 Å². The highest BCUT2D eigenvalue weighted by Crippen LogP contribution is 2.23. The van der Waals surface area contributed by atoms with Gasteiger partial charge in [-0.25, -0.2) is 0 Å². The van der Waals surface area contributed by atoms with Crippen molar-refractivity contribution in [3.8, 4) is 11.8 Å². The Kier molecular flexibility index (Phi) is 4.01. The van der Waals surface area contributed by atoms with Gasteiger partial charge in [0.15, 0.2) is 0 Å². The lowest BCUT2D eigenvalue weighted by Gasteiger charge is -2.16. The van der Waals surface area contributed by atoms with Crippen LogP contribution in [0.2, 0.25) is 0 Å². The summed E-state index contributed by atoms with van der Waals surface area (Å²) in [4.78, 5) is 13.5. The highest BCUT2D eigenvalue weighted by Gasteiger charge is 2.21. The maximum absolute atomic E-state index is 11.7. The number of aryl methyl sites for hydroxylation is 1. The smallest absolute Gasteiger partial charge is 0.227 e. The molecular weight excluding hydrogens is 226 g/mol. The molecule has 2 rings (SSSR count). The molecule has 0 radical (unpaired) electrons. The summed E-state index contributed by atoms with van der Waals surface area (Å²) in [5.41, 5.74) is 2.99. The lowest BCUT2D eigenvalue weighted by molar-refractivity contribution is -0.117. The van der Waals surface area contributed by atoms with E-state index in [-0.39, 0.29) is 12.5 Å². The zero-order chi connectivity index (χ0) is 13.0. The van der Waals surface area contributed by atoms with Crippen molar-refractivity contribution in [3.63, 3.8) is 0 Å². The quantitative estimate of drug-likeness (QED) is 0.805. The molecule has 0 aromatic heterocycles. The Morgan fingerprint density at radius 2 is 2.28 bits per heavy atom. The summed E-state index contributed by atoms with van der Waals surface area (Å²) in [5, 5.41) is 8.68. The fraction of sp³-hybridized carbons (Fsp3) is 0.400. The molecule has 1 heterocycles. The molecule has 94 valence electrons. The molecule has 0 spiro atoms. The maximum atomic E-state index is 11.7. The molecule has 1 aliphatic rings. The van der Waals surface area contributed by atoms with Crippen LogP contribution < -0.4 is 4.90 Å². The summed E-state index contributed by atoms with van der Waals surface area (Å²) < 4.78 is 0. The zero-order valence-corrected chi connectivity index (χ0v) is 10.6. The third kappa shape index (κ3) is 2.72. The van der Waals surface area contributed by atoms with Crippen LogP contribution >= 0.6 is 0 Å². The number of aliphatic hydroxyl groups is 1. The molecule has 0 atom stereocenters. The molecule has 3 heteroatoms. The Morgan fingerprint density at radius 3 is 2.89 bits per heavy atom. The van der Waals surface area contributed by atoms with E-state index in [4.69, 9.17) is 5.11 Å². The number of carbonyl (C=O) groups excluding carboxylic acids is 1. The van der Waals surface area contributed by atoms with Gasteiger partial charge < -0.3 is 10.0 Å². The van der Waals surface area contributed by atoms with Crippen molar-refractivity contribution in [1.29, 1.82) is 0 Å². The van der Waals surface area contributed by atoms with Crippen LogP contribution in [0.1, 0.15) is 30.4 Å². The third-order valence-corrected chi connectivity index (χ3v) is 3.05. The van der Waals surface area contributed by atoms with Crippen molar-refractivity contribution in [1.82, 2.24) is 0 Å². The molecule has 1 saturated heterocycles. The van der Waals surface area contributed by atoms with Gasteiger partial charge in [-0.15, -0.1) is 0 Å². The number of amides is 1. The molecule has 18 heavy (non-hydrogen) atoms. The summed E-state index contributed by atoms with van der Waals surface area (Å²) in [6.45, 7) is 2.90. The number of hydrogen-bond donors (Lipinski definition) is 1. The number of nitrogens with zero attached hydrogens (tertiary/aromatic N) is 1. The monoisotopic (exact) mass is 243 g/mol. The second kappa shape index (κ2) is 5.70. The topological polar surface area (TPSA) is 40.5 Å². The van der Waals surface area contributed by atoms with E-state index in [0.29, 0.717) is 12.8 Å². The number of carbonyl (C=O) groups is 1. The molecule has 1 aromatic rings. The Morgan fingerprint density at radius 1 is 1.44 bits per heavy atom. The standard InChI is InChI=1S/C15H17NO2/c1-12-11-14(16-9-4-6-15(16)18)8-7-13(12)5-2-3-10-17/h7-8,11,17H,3-4,6,9-10H2,1H3. The van der Waals surface area contributed by atoms with Gasteiger partial charge in [-0.05, 0) is 37.1 Å². The van der Waals surface area contributed by atoms with Gasteiger partial charge in [0.05, 0.1) is 6.61 Å². The van der Waals surface area contributed by atoms with E-state index in [1.165, 1.54) is 0 Å². The average Bonchev–Trinajstić information content (AvgIpc) is 2.78. The molecule has 0 bridgehead atoms. The molecule has 1 N–H and O–H groups in total. The SMILES string of the molecule is Cc1cc(N2CCCC2=O)ccc1C#CCCO. The zero-order valence-electron chi connectivity index (χ0n) is 10.6. The Balaban J connectivity index is 2.20. The number of rotatable bonds is 2. The second-order valence-electron chi connectivity index (χ2n) is 4.42. The van der Waals surface area contributed by atoms with Crippen LogP contribution in [0.5, 0.6) is 0 Å². The normalized spacial score (nSPS) is 14.6. The number of anilines is 1. The van der Waals surface area contributed by atoms with E-state index in [0.717, 1.165) is 29.8 Å². The highest BCUT2D eigenvalue weighted by atomic mass is 16.2. The highest BCUT2D eigenvalue weighted by molar-refractivity contribution is 5.95. The number of aliphatic hydroxyl groups excluding tert-OH is 1. The van der Waals surface area contributed by atoms with Crippen molar-refractivity contribution in [2.45, 2.75) is 26.2 Å². The lowest BCUT2D eigenvalue weighted by Crippen LogP contribution is -2.23. The van der Waals surface area contributed by atoms with Gasteiger partial charge in [0, 0.05) is 30.6 Å². The van der Waals surface area contributed by atoms with E-state index < -0.39 is 0 Å². The van der Waals surface area contributed by atoms with Crippen molar-refractivity contribution >= 4 is 11.6 Å². The number of benzene rings is 1. The summed E-state index contributed by atoms with van der Waals surface area (Å²) in [6, 6.07) is 5.89. The first-order valence-corrected chi connectivity index (χ1v) is 6.23. The largest absolute Gasteiger partial charge is 0.395 e. The van der Waals surface area contributed by atoms with Gasteiger partial charge in [0.2, 0.25) is 5.91 Å². The van der Waals surface area contributed by atoms with Crippen LogP contribution in [-0.2, 0) is 4.79 Å². The maximum Gasteiger partial charge on any atom is 0.227 e. The second-order valence-corrected chi connectivity index (χ2v) is 4.42. The van der Waals surface area contributed by atoms with Crippen LogP contribution in [-0.4, -0.2) is 24.2 Å². The Hall–Kier alpha value is -1.79. The van der Waals surface area contributed by atoms with Crippen LogP contribution in [0.4, 0.5) is 5.69 Å². The first-order chi connectivity index (χ1) is 8.72. The number of hydrogen-bond acceptors (Lipinski definition) is 2. The molecule has 0 unspecified atom stereocenters. The minimum atomic E-state index is 0.0897. The summed E-state index contributed by atoms with van der Waals surface area (Å²) in [6.07, 6.45) is 2.08. The molecule has 0 aliphatic carbocycles. The molecule has 1 aromatic carbocycles. The van der Waals surface area contributed by atoms with Gasteiger partial charge in [-0.2, -0.15) is 0 Å². The Labute approximate surface area is 107 Å². The third-order valence-electron chi connectivity index (χ3n) is 3.05. The minimum absolute atomic E-state index is 0.0897. The van der Waals surface area contributed by atoms with Gasteiger partial charge >= 0.3 is 0 Å². The lowest BCUT2D eigenvalue weighted by atomic mass is 10.1. The summed E-state index contributed by atoms with van der Waals surface area (Å²) >= 11 is 0. The van der Waals surface area contributed by atoms with E-state index in [1.807, 2.05) is 30.0 Å². The van der Waals surface area contributed by atoms with Crippen LogP contribution in [0.3, 0.4) is 0 Å². The van der Waals surface area contributed by atoms with Gasteiger partial charge in [0.25, 0.3) is 0 Å². The summed E-state index contributed by atoms with van der Waals surface area (Å²) in [5.74, 6) is 6.14. The van der Waals surface area contributed by atoms with E-state index in [1.54, 1.807) is 0 Å². The molecular formula is C15H17NO2. The first kappa shape index (κ1) is 12.7. The minimum Gasteiger partial charge on any atom is -0.395 e. The molecule has 1 fully saturated rings. The first-order valence-electron chi connectivity index (χ1n) is 6.23. The van der Waals surface area contributed by atoms with Crippen LogP contribution in [0, 0.1) is 18.8 Å². The molecule has 1 amide bonds. The van der Waals surface area contributed by atoms with Crippen molar-refractivity contribution in [2.75, 3.05) is 18.1 Å². The molecule has 3 nitrogen and oxygen atoms in total. The van der Waals surface area contributed by atoms with Crippen LogP contribution in [0.25, 0.3) is 0 Å². The Bertz CT molecular complexity index is 511. The predicted molar refractivity (Wildman–Crippen MR) is 71.3 cm³/mol. The van der Waals surface area contributed by atoms with Crippen LogP contribution in [0.15, 0.2) is 18.2 Å². The van der Waals surface area contributed by atoms with E-state index in [2.05, 4.69) is 11.8 Å². The van der Waals surface area contributed by atoms with Crippen molar-refractivity contribution in [3.05, 3.63) is 29.3 Å². The van der Waals surface area contributed by atoms with Gasteiger partial charge in [-0.1, -0.05) is 11.8 Å². The van der Waals surface area contributed by atoms with Crippen molar-refractivity contribution in [2.24, 2.45) is 0 Å². The predicted octanol–water partition coefficient (Wildman–Crippen LogP) is 1.86. The average molecular weight is 243 g/mol. The van der Waals surface area contributed by atoms with Gasteiger partial charge in [0.1, 0.15) is 0 Å². The van der Waals surface area contributed by atoms with Gasteiger partial charge in [-0.3, -0.25) is 4.79 Å². The fourth-order valence-electron chi connectivity index (χ4n) is 2.09. The fourth-order valence-corrected chi connectivity index (χ4v) is 2.09. The molecule has 0 saturated carbocycles. The molecule has 1 aliphatic heterocycles.